The van der Waals surface area contributed by atoms with Crippen LogP contribution in [0, 0.1) is 5.92 Å². The predicted octanol–water partition coefficient (Wildman–Crippen LogP) is 1.61. The summed E-state index contributed by atoms with van der Waals surface area (Å²) in [6, 6.07) is 0.487. The average Bonchev–Trinajstić information content (AvgIpc) is 2.04. The van der Waals surface area contributed by atoms with Crippen molar-refractivity contribution in [3.63, 3.8) is 0 Å². The van der Waals surface area contributed by atoms with Gasteiger partial charge in [-0.1, -0.05) is 13.8 Å². The maximum atomic E-state index is 10.7. The molecular weight excluding hydrogens is 170 g/mol. The van der Waals surface area contributed by atoms with Crippen molar-refractivity contribution in [3.8, 4) is 0 Å². The van der Waals surface area contributed by atoms with Crippen LogP contribution in [0.5, 0.6) is 0 Å². The Labute approximate surface area is 78.7 Å². The molecule has 1 aliphatic rings. The molecular formula is C9H17NOS. The molecule has 12 heavy (non-hydrogen) atoms. The fourth-order valence-corrected chi connectivity index (χ4v) is 2.66. The molecule has 0 aromatic rings. The first kappa shape index (κ1) is 9.90. The van der Waals surface area contributed by atoms with Gasteiger partial charge in [-0.2, -0.15) is 11.8 Å². The molecule has 0 saturated carbocycles. The number of rotatable bonds is 3. The Hall–Kier alpha value is -0.180. The van der Waals surface area contributed by atoms with Crippen molar-refractivity contribution in [3.05, 3.63) is 0 Å². The van der Waals surface area contributed by atoms with Gasteiger partial charge in [-0.25, -0.2) is 0 Å². The van der Waals surface area contributed by atoms with E-state index in [9.17, 15) is 4.79 Å². The first-order valence-corrected chi connectivity index (χ1v) is 5.68. The third-order valence-corrected chi connectivity index (χ3v) is 3.24. The SMILES string of the molecule is CC(C)CC1CSCCN1C=O. The van der Waals surface area contributed by atoms with Gasteiger partial charge in [-0.15, -0.1) is 0 Å². The van der Waals surface area contributed by atoms with E-state index < -0.39 is 0 Å². The summed E-state index contributed by atoms with van der Waals surface area (Å²) in [5, 5.41) is 0. The summed E-state index contributed by atoms with van der Waals surface area (Å²) in [5.41, 5.74) is 0. The molecule has 1 unspecified atom stereocenters. The van der Waals surface area contributed by atoms with Gasteiger partial charge in [0, 0.05) is 24.1 Å². The molecule has 3 heteroatoms. The molecule has 0 N–H and O–H groups in total. The maximum absolute atomic E-state index is 10.7. The van der Waals surface area contributed by atoms with Gasteiger partial charge in [0.15, 0.2) is 0 Å². The highest BCUT2D eigenvalue weighted by atomic mass is 32.2. The van der Waals surface area contributed by atoms with Crippen LogP contribution in [0.2, 0.25) is 0 Å². The van der Waals surface area contributed by atoms with Crippen LogP contribution in [0.25, 0.3) is 0 Å². The van der Waals surface area contributed by atoms with Crippen LogP contribution < -0.4 is 0 Å². The summed E-state index contributed by atoms with van der Waals surface area (Å²) in [7, 11) is 0. The van der Waals surface area contributed by atoms with E-state index in [4.69, 9.17) is 0 Å². The van der Waals surface area contributed by atoms with Gasteiger partial charge in [0.2, 0.25) is 6.41 Å². The van der Waals surface area contributed by atoms with Crippen LogP contribution in [0.3, 0.4) is 0 Å². The average molecular weight is 187 g/mol. The van der Waals surface area contributed by atoms with Crippen LogP contribution in [0.15, 0.2) is 0 Å². The van der Waals surface area contributed by atoms with Gasteiger partial charge in [0.25, 0.3) is 0 Å². The molecule has 70 valence electrons. The Morgan fingerprint density at radius 2 is 2.42 bits per heavy atom. The van der Waals surface area contributed by atoms with Crippen LogP contribution in [-0.4, -0.2) is 35.4 Å². The normalized spacial score (nSPS) is 24.6. The lowest BCUT2D eigenvalue weighted by molar-refractivity contribution is -0.119. The Bertz CT molecular complexity index is 149. The van der Waals surface area contributed by atoms with Gasteiger partial charge in [0.1, 0.15) is 0 Å². The molecule has 1 amide bonds. The van der Waals surface area contributed by atoms with Crippen LogP contribution in [0.4, 0.5) is 0 Å². The van der Waals surface area contributed by atoms with E-state index in [2.05, 4.69) is 13.8 Å². The van der Waals surface area contributed by atoms with Crippen molar-refractivity contribution in [2.24, 2.45) is 5.92 Å². The van der Waals surface area contributed by atoms with Crippen LogP contribution in [0.1, 0.15) is 20.3 Å². The van der Waals surface area contributed by atoms with Gasteiger partial charge in [-0.05, 0) is 12.3 Å². The highest BCUT2D eigenvalue weighted by Crippen LogP contribution is 2.20. The standard InChI is InChI=1S/C9H17NOS/c1-8(2)5-9-6-12-4-3-10(9)7-11/h7-9H,3-6H2,1-2H3. The van der Waals surface area contributed by atoms with E-state index >= 15 is 0 Å². The molecule has 1 heterocycles. The highest BCUT2D eigenvalue weighted by molar-refractivity contribution is 7.99. The Kier molecular flexibility index (Phi) is 3.92. The highest BCUT2D eigenvalue weighted by Gasteiger charge is 2.21. The number of thioether (sulfide) groups is 1. The zero-order valence-corrected chi connectivity index (χ0v) is 8.64. The molecule has 0 aromatic carbocycles. The van der Waals surface area contributed by atoms with E-state index in [1.807, 2.05) is 16.7 Å². The molecule has 1 aliphatic heterocycles. The first-order chi connectivity index (χ1) is 5.74. The van der Waals surface area contributed by atoms with E-state index in [1.54, 1.807) is 0 Å². The topological polar surface area (TPSA) is 20.3 Å². The van der Waals surface area contributed by atoms with Crippen molar-refractivity contribution in [2.75, 3.05) is 18.1 Å². The number of carbonyl (C=O) groups excluding carboxylic acids is 1. The molecule has 0 bridgehead atoms. The van der Waals surface area contributed by atoms with Crippen molar-refractivity contribution >= 4 is 18.2 Å². The largest absolute Gasteiger partial charge is 0.341 e. The lowest BCUT2D eigenvalue weighted by Gasteiger charge is -2.33. The fourth-order valence-electron chi connectivity index (χ4n) is 1.55. The molecule has 0 radical (unpaired) electrons. The fraction of sp³-hybridized carbons (Fsp3) is 0.889. The summed E-state index contributed by atoms with van der Waals surface area (Å²) in [6.45, 7) is 5.36. The van der Waals surface area contributed by atoms with Gasteiger partial charge < -0.3 is 4.90 Å². The van der Waals surface area contributed by atoms with Crippen molar-refractivity contribution in [1.29, 1.82) is 0 Å². The van der Waals surface area contributed by atoms with E-state index in [0.717, 1.165) is 30.9 Å². The molecule has 1 fully saturated rings. The van der Waals surface area contributed by atoms with E-state index in [1.165, 1.54) is 0 Å². The summed E-state index contributed by atoms with van der Waals surface area (Å²) < 4.78 is 0. The van der Waals surface area contributed by atoms with Gasteiger partial charge in [-0.3, -0.25) is 4.79 Å². The van der Waals surface area contributed by atoms with E-state index in [-0.39, 0.29) is 0 Å². The zero-order valence-electron chi connectivity index (χ0n) is 7.82. The lowest BCUT2D eigenvalue weighted by Crippen LogP contribution is -2.41. The second-order valence-corrected chi connectivity index (χ2v) is 4.85. The quantitative estimate of drug-likeness (QED) is 0.626. The summed E-state index contributed by atoms with van der Waals surface area (Å²) in [6.07, 6.45) is 2.15. The third-order valence-electron chi connectivity index (χ3n) is 2.15. The van der Waals surface area contributed by atoms with E-state index in [0.29, 0.717) is 12.0 Å². The Morgan fingerprint density at radius 1 is 1.67 bits per heavy atom. The first-order valence-electron chi connectivity index (χ1n) is 4.53. The van der Waals surface area contributed by atoms with Crippen LogP contribution in [-0.2, 0) is 4.79 Å². The second kappa shape index (κ2) is 4.75. The summed E-state index contributed by atoms with van der Waals surface area (Å²) >= 11 is 1.96. The molecule has 0 spiro atoms. The molecule has 0 aliphatic carbocycles. The number of amides is 1. The van der Waals surface area contributed by atoms with Crippen molar-refractivity contribution in [1.82, 2.24) is 4.90 Å². The van der Waals surface area contributed by atoms with Crippen LogP contribution >= 0.6 is 11.8 Å². The molecule has 2 nitrogen and oxygen atoms in total. The minimum absolute atomic E-state index is 0.487. The Balaban J connectivity index is 2.41. The summed E-state index contributed by atoms with van der Waals surface area (Å²) in [4.78, 5) is 12.6. The van der Waals surface area contributed by atoms with Gasteiger partial charge >= 0.3 is 0 Å². The predicted molar refractivity (Wildman–Crippen MR) is 53.3 cm³/mol. The van der Waals surface area contributed by atoms with Crippen molar-refractivity contribution < 1.29 is 4.79 Å². The smallest absolute Gasteiger partial charge is 0.210 e. The molecule has 1 saturated heterocycles. The zero-order chi connectivity index (χ0) is 8.97. The minimum atomic E-state index is 0.487. The Morgan fingerprint density at radius 3 is 3.00 bits per heavy atom. The molecule has 1 rings (SSSR count). The van der Waals surface area contributed by atoms with Crippen molar-refractivity contribution in [2.45, 2.75) is 26.3 Å². The monoisotopic (exact) mass is 187 g/mol. The minimum Gasteiger partial charge on any atom is -0.341 e. The number of nitrogens with zero attached hydrogens (tertiary/aromatic N) is 1. The lowest BCUT2D eigenvalue weighted by atomic mass is 10.0. The molecule has 1 atom stereocenters. The van der Waals surface area contributed by atoms with Gasteiger partial charge in [0.05, 0.1) is 0 Å². The second-order valence-electron chi connectivity index (χ2n) is 3.70. The number of hydrogen-bond donors (Lipinski definition) is 0. The number of hydrogen-bond acceptors (Lipinski definition) is 2. The maximum Gasteiger partial charge on any atom is 0.210 e. The molecule has 0 aromatic heterocycles. The third kappa shape index (κ3) is 2.70. The summed E-state index contributed by atoms with van der Waals surface area (Å²) in [5.74, 6) is 2.92. The number of carbonyl (C=O) groups is 1.